The second kappa shape index (κ2) is 8.17. The molecule has 0 saturated carbocycles. The number of carbonyl (C=O) groups is 2. The van der Waals surface area contributed by atoms with Crippen LogP contribution in [0.3, 0.4) is 0 Å². The van der Waals surface area contributed by atoms with Crippen LogP contribution in [0.2, 0.25) is 0 Å². The molecule has 0 fully saturated rings. The highest BCUT2D eigenvalue weighted by atomic mass is 32.2. The SMILES string of the molecule is CCCn1nc(C(=O)NNS(=O)(=O)c2ccc3c(c2)CC(=O)N3C)c2ccccc2c1=O. The van der Waals surface area contributed by atoms with Gasteiger partial charge in [-0.2, -0.15) is 5.10 Å². The van der Waals surface area contributed by atoms with Gasteiger partial charge in [0.25, 0.3) is 21.5 Å². The first kappa shape index (κ1) is 21.7. The summed E-state index contributed by atoms with van der Waals surface area (Å²) in [4.78, 5) is 40.7. The number of rotatable bonds is 6. The third-order valence-electron chi connectivity index (χ3n) is 5.26. The predicted molar refractivity (Wildman–Crippen MR) is 118 cm³/mol. The number of likely N-dealkylation sites (N-methyl/N-ethyl adjacent to an activating group) is 1. The number of aromatic nitrogens is 2. The topological polar surface area (TPSA) is 130 Å². The van der Waals surface area contributed by atoms with Crippen molar-refractivity contribution in [2.75, 3.05) is 11.9 Å². The number of hydrazine groups is 1. The normalized spacial score (nSPS) is 13.4. The number of anilines is 1. The zero-order chi connectivity index (χ0) is 23.0. The molecule has 2 N–H and O–H groups in total. The average molecular weight is 455 g/mol. The van der Waals surface area contributed by atoms with Gasteiger partial charge in [0.2, 0.25) is 5.91 Å². The standard InChI is InChI=1S/C21H21N5O5S/c1-3-10-26-21(29)16-7-5-4-6-15(16)19(23-26)20(28)22-24-32(30,31)14-8-9-17-13(11-14)12-18(27)25(17)2/h4-9,11,24H,3,10,12H2,1-2H3,(H,22,28). The molecule has 0 unspecified atom stereocenters. The zero-order valence-corrected chi connectivity index (χ0v) is 18.3. The monoisotopic (exact) mass is 455 g/mol. The molecule has 0 spiro atoms. The summed E-state index contributed by atoms with van der Waals surface area (Å²) >= 11 is 0. The Hall–Kier alpha value is -3.57. The summed E-state index contributed by atoms with van der Waals surface area (Å²) in [6.45, 7) is 2.19. The highest BCUT2D eigenvalue weighted by Gasteiger charge is 2.27. The summed E-state index contributed by atoms with van der Waals surface area (Å²) in [6, 6.07) is 10.8. The molecule has 1 aromatic heterocycles. The predicted octanol–water partition coefficient (Wildman–Crippen LogP) is 0.949. The molecular weight excluding hydrogens is 434 g/mol. The van der Waals surface area contributed by atoms with Crippen molar-refractivity contribution in [2.24, 2.45) is 0 Å². The minimum atomic E-state index is -4.11. The van der Waals surface area contributed by atoms with E-state index < -0.39 is 15.9 Å². The second-order valence-corrected chi connectivity index (χ2v) is 9.08. The van der Waals surface area contributed by atoms with Crippen molar-refractivity contribution in [3.05, 3.63) is 64.1 Å². The molecule has 0 saturated heterocycles. The highest BCUT2D eigenvalue weighted by molar-refractivity contribution is 7.89. The van der Waals surface area contributed by atoms with Crippen LogP contribution in [0.5, 0.6) is 0 Å². The quantitative estimate of drug-likeness (QED) is 0.532. The van der Waals surface area contributed by atoms with Crippen molar-refractivity contribution >= 4 is 38.3 Å². The molecule has 1 aliphatic heterocycles. The molecule has 10 nitrogen and oxygen atoms in total. The second-order valence-electron chi connectivity index (χ2n) is 7.40. The minimum absolute atomic E-state index is 0.0717. The maximum absolute atomic E-state index is 12.8. The first-order valence-electron chi connectivity index (χ1n) is 9.94. The van der Waals surface area contributed by atoms with Crippen molar-refractivity contribution < 1.29 is 18.0 Å². The maximum Gasteiger partial charge on any atom is 0.287 e. The van der Waals surface area contributed by atoms with Gasteiger partial charge in [0.1, 0.15) is 0 Å². The van der Waals surface area contributed by atoms with Crippen LogP contribution in [0.15, 0.2) is 52.2 Å². The van der Waals surface area contributed by atoms with Crippen LogP contribution in [0.4, 0.5) is 5.69 Å². The lowest BCUT2D eigenvalue weighted by Crippen LogP contribution is -2.42. The van der Waals surface area contributed by atoms with Crippen LogP contribution in [-0.4, -0.2) is 37.1 Å². The molecular formula is C21H21N5O5S. The summed E-state index contributed by atoms with van der Waals surface area (Å²) in [5.41, 5.74) is 3.01. The molecule has 0 atom stereocenters. The van der Waals surface area contributed by atoms with Crippen LogP contribution >= 0.6 is 0 Å². The molecule has 2 amide bonds. The molecule has 0 aliphatic carbocycles. The zero-order valence-electron chi connectivity index (χ0n) is 17.5. The van der Waals surface area contributed by atoms with E-state index >= 15 is 0 Å². The Morgan fingerprint density at radius 3 is 2.56 bits per heavy atom. The number of sulfonamides is 1. The molecule has 166 valence electrons. The van der Waals surface area contributed by atoms with Gasteiger partial charge in [0.05, 0.1) is 16.7 Å². The summed E-state index contributed by atoms with van der Waals surface area (Å²) in [5, 5.41) is 4.78. The number of aryl methyl sites for hydroxylation is 1. The molecule has 3 aromatic rings. The molecule has 2 heterocycles. The van der Waals surface area contributed by atoms with Gasteiger partial charge in [-0.1, -0.05) is 25.1 Å². The van der Waals surface area contributed by atoms with Gasteiger partial charge in [0.15, 0.2) is 5.69 Å². The molecule has 4 rings (SSSR count). The lowest BCUT2D eigenvalue weighted by atomic mass is 10.1. The van der Waals surface area contributed by atoms with E-state index in [-0.39, 0.29) is 28.5 Å². The Morgan fingerprint density at radius 2 is 1.84 bits per heavy atom. The number of carbonyl (C=O) groups excluding carboxylic acids is 2. The lowest BCUT2D eigenvalue weighted by molar-refractivity contribution is -0.117. The van der Waals surface area contributed by atoms with Crippen LogP contribution in [0.1, 0.15) is 29.4 Å². The summed E-state index contributed by atoms with van der Waals surface area (Å²) in [7, 11) is -2.49. The number of nitrogens with one attached hydrogen (secondary N) is 2. The fourth-order valence-electron chi connectivity index (χ4n) is 3.61. The Balaban J connectivity index is 1.61. The third-order valence-corrected chi connectivity index (χ3v) is 6.50. The molecule has 32 heavy (non-hydrogen) atoms. The van der Waals surface area contributed by atoms with Crippen molar-refractivity contribution in [3.8, 4) is 0 Å². The summed E-state index contributed by atoms with van der Waals surface area (Å²) < 4.78 is 26.6. The van der Waals surface area contributed by atoms with Crippen LogP contribution in [0.25, 0.3) is 10.8 Å². The number of amides is 2. The van der Waals surface area contributed by atoms with E-state index in [9.17, 15) is 22.8 Å². The number of hydrogen-bond acceptors (Lipinski definition) is 6. The van der Waals surface area contributed by atoms with E-state index in [4.69, 9.17) is 0 Å². The van der Waals surface area contributed by atoms with Gasteiger partial charge in [-0.15, -0.1) is 4.83 Å². The van der Waals surface area contributed by atoms with Gasteiger partial charge in [-0.25, -0.2) is 13.1 Å². The average Bonchev–Trinajstić information content (AvgIpc) is 3.07. The van der Waals surface area contributed by atoms with E-state index in [0.717, 1.165) is 0 Å². The van der Waals surface area contributed by atoms with E-state index in [2.05, 4.69) is 15.4 Å². The van der Waals surface area contributed by atoms with Gasteiger partial charge in [0, 0.05) is 24.7 Å². The number of fused-ring (bicyclic) bond motifs is 2. The summed E-state index contributed by atoms with van der Waals surface area (Å²) in [5.74, 6) is -0.929. The fourth-order valence-corrected chi connectivity index (χ4v) is 4.50. The van der Waals surface area contributed by atoms with Crippen molar-refractivity contribution in [1.29, 1.82) is 0 Å². The van der Waals surface area contributed by atoms with Crippen LogP contribution < -0.4 is 20.7 Å². The molecule has 0 radical (unpaired) electrons. The minimum Gasteiger partial charge on any atom is -0.315 e. The van der Waals surface area contributed by atoms with Crippen LogP contribution in [-0.2, 0) is 27.8 Å². The third kappa shape index (κ3) is 3.76. The number of nitrogens with zero attached hydrogens (tertiary/aromatic N) is 3. The van der Waals surface area contributed by atoms with Gasteiger partial charge >= 0.3 is 0 Å². The maximum atomic E-state index is 12.8. The Morgan fingerprint density at radius 1 is 1.12 bits per heavy atom. The van der Waals surface area contributed by atoms with E-state index in [1.54, 1.807) is 37.4 Å². The lowest BCUT2D eigenvalue weighted by Gasteiger charge is -2.13. The molecule has 2 aromatic carbocycles. The smallest absolute Gasteiger partial charge is 0.287 e. The largest absolute Gasteiger partial charge is 0.315 e. The summed E-state index contributed by atoms with van der Waals surface area (Å²) in [6.07, 6.45) is 0.741. The Bertz CT molecular complexity index is 1410. The van der Waals surface area contributed by atoms with E-state index in [1.165, 1.54) is 21.7 Å². The van der Waals surface area contributed by atoms with Crippen molar-refractivity contribution in [3.63, 3.8) is 0 Å². The van der Waals surface area contributed by atoms with E-state index in [0.29, 0.717) is 35.0 Å². The first-order valence-corrected chi connectivity index (χ1v) is 11.4. The molecule has 1 aliphatic rings. The van der Waals surface area contributed by atoms with Crippen molar-refractivity contribution in [2.45, 2.75) is 31.2 Å². The Kier molecular flexibility index (Phi) is 5.53. The van der Waals surface area contributed by atoms with Gasteiger partial charge in [-0.3, -0.25) is 19.8 Å². The Labute approximate surface area is 183 Å². The highest BCUT2D eigenvalue weighted by Crippen LogP contribution is 2.29. The fraction of sp³-hybridized carbons (Fsp3) is 0.238. The number of hydrogen-bond donors (Lipinski definition) is 2. The van der Waals surface area contributed by atoms with E-state index in [1.807, 2.05) is 6.92 Å². The van der Waals surface area contributed by atoms with Gasteiger partial charge < -0.3 is 4.90 Å². The molecule has 11 heteroatoms. The van der Waals surface area contributed by atoms with Gasteiger partial charge in [-0.05, 0) is 36.2 Å². The molecule has 0 bridgehead atoms. The van der Waals surface area contributed by atoms with Crippen LogP contribution in [0, 0.1) is 0 Å². The first-order chi connectivity index (χ1) is 15.2. The number of benzene rings is 2. The van der Waals surface area contributed by atoms with Crippen molar-refractivity contribution in [1.82, 2.24) is 20.0 Å².